The van der Waals surface area contributed by atoms with Crippen molar-refractivity contribution in [3.8, 4) is 0 Å². The smallest absolute Gasteiger partial charge is 0.326 e. The van der Waals surface area contributed by atoms with Crippen LogP contribution in [0.15, 0.2) is 4.99 Å². The fraction of sp³-hybridized carbons (Fsp3) is 0.792. The minimum atomic E-state index is -1.17. The number of aliphatic imine (C=N–C) groups is 1. The molecule has 0 aliphatic heterocycles. The number of nitrogens with two attached hydrogens (primary N) is 5. The van der Waals surface area contributed by atoms with Crippen LogP contribution in [0.2, 0.25) is 0 Å². The van der Waals surface area contributed by atoms with Crippen molar-refractivity contribution in [1.82, 2.24) is 16.0 Å². The summed E-state index contributed by atoms with van der Waals surface area (Å²) in [7, 11) is 0. The summed E-state index contributed by atoms with van der Waals surface area (Å²) in [6.07, 6.45) is 3.98. The number of hydrogen-bond donors (Lipinski definition) is 9. The predicted molar refractivity (Wildman–Crippen MR) is 147 cm³/mol. The molecule has 0 aliphatic rings. The van der Waals surface area contributed by atoms with E-state index in [1.165, 1.54) is 0 Å². The van der Waals surface area contributed by atoms with Crippen molar-refractivity contribution in [3.63, 3.8) is 0 Å². The summed E-state index contributed by atoms with van der Waals surface area (Å²) in [6, 6.07) is -3.96. The molecule has 3 amide bonds. The van der Waals surface area contributed by atoms with Gasteiger partial charge in [0.05, 0.1) is 6.04 Å². The van der Waals surface area contributed by atoms with Gasteiger partial charge < -0.3 is 49.7 Å². The molecular weight excluding hydrogens is 494 g/mol. The fourth-order valence-electron chi connectivity index (χ4n) is 3.61. The molecule has 14 nitrogen and oxygen atoms in total. The van der Waals surface area contributed by atoms with E-state index < -0.39 is 47.9 Å². The number of carbonyl (C=O) groups is 4. The summed E-state index contributed by atoms with van der Waals surface area (Å²) in [5.41, 5.74) is 27.8. The Kier molecular flexibility index (Phi) is 18.5. The zero-order chi connectivity index (χ0) is 29.1. The molecule has 14 N–H and O–H groups in total. The van der Waals surface area contributed by atoms with Gasteiger partial charge in [0.25, 0.3) is 0 Å². The third-order valence-electron chi connectivity index (χ3n) is 6.28. The highest BCUT2D eigenvalue weighted by atomic mass is 16.4. The van der Waals surface area contributed by atoms with Crippen molar-refractivity contribution in [3.05, 3.63) is 0 Å². The van der Waals surface area contributed by atoms with Crippen LogP contribution >= 0.6 is 0 Å². The number of aliphatic carboxylic acids is 1. The molecular formula is C24H49N9O5. The molecule has 5 atom stereocenters. The van der Waals surface area contributed by atoms with Gasteiger partial charge in [-0.2, -0.15) is 0 Å². The van der Waals surface area contributed by atoms with Crippen molar-refractivity contribution < 1.29 is 24.3 Å². The van der Waals surface area contributed by atoms with Crippen LogP contribution in [0.25, 0.3) is 0 Å². The lowest BCUT2D eigenvalue weighted by Gasteiger charge is -2.26. The van der Waals surface area contributed by atoms with E-state index in [4.69, 9.17) is 28.7 Å². The number of carboxylic acids is 1. The summed E-state index contributed by atoms with van der Waals surface area (Å²) in [5.74, 6) is -3.09. The molecule has 0 spiro atoms. The van der Waals surface area contributed by atoms with Gasteiger partial charge in [0.2, 0.25) is 17.7 Å². The molecule has 0 aliphatic carbocycles. The van der Waals surface area contributed by atoms with Gasteiger partial charge in [-0.3, -0.25) is 19.4 Å². The molecule has 0 heterocycles. The average Bonchev–Trinajstić information content (AvgIpc) is 2.87. The number of hydrogen-bond acceptors (Lipinski definition) is 8. The molecule has 0 saturated heterocycles. The van der Waals surface area contributed by atoms with E-state index in [0.717, 1.165) is 0 Å². The Labute approximate surface area is 225 Å². The lowest BCUT2D eigenvalue weighted by atomic mass is 9.98. The molecule has 0 aromatic heterocycles. The topological polar surface area (TPSA) is 267 Å². The lowest BCUT2D eigenvalue weighted by Crippen LogP contribution is -2.57. The number of amides is 3. The quantitative estimate of drug-likeness (QED) is 0.0445. The Balaban J connectivity index is 5.63. The van der Waals surface area contributed by atoms with Gasteiger partial charge in [0.15, 0.2) is 5.96 Å². The van der Waals surface area contributed by atoms with Gasteiger partial charge >= 0.3 is 5.97 Å². The van der Waals surface area contributed by atoms with Gasteiger partial charge in [0.1, 0.15) is 18.1 Å². The van der Waals surface area contributed by atoms with E-state index in [1.807, 2.05) is 13.8 Å². The minimum Gasteiger partial charge on any atom is -0.480 e. The summed E-state index contributed by atoms with van der Waals surface area (Å²) in [4.78, 5) is 54.6. The van der Waals surface area contributed by atoms with Crippen LogP contribution in [0.4, 0.5) is 0 Å². The number of guanidine groups is 1. The number of carbonyl (C=O) groups excluding carboxylic acids is 3. The second kappa shape index (κ2) is 20.1. The lowest BCUT2D eigenvalue weighted by molar-refractivity contribution is -0.142. The molecule has 0 aromatic rings. The van der Waals surface area contributed by atoms with Gasteiger partial charge in [-0.05, 0) is 70.4 Å². The summed E-state index contributed by atoms with van der Waals surface area (Å²) < 4.78 is 0. The van der Waals surface area contributed by atoms with Gasteiger partial charge in [-0.15, -0.1) is 0 Å². The van der Waals surface area contributed by atoms with E-state index in [9.17, 15) is 24.3 Å². The third kappa shape index (κ3) is 14.7. The van der Waals surface area contributed by atoms with Gasteiger partial charge in [0, 0.05) is 6.54 Å². The van der Waals surface area contributed by atoms with E-state index >= 15 is 0 Å². The van der Waals surface area contributed by atoms with Crippen molar-refractivity contribution in [2.24, 2.45) is 39.6 Å². The van der Waals surface area contributed by atoms with Crippen molar-refractivity contribution >= 4 is 29.7 Å². The first-order chi connectivity index (χ1) is 18.0. The summed E-state index contributed by atoms with van der Waals surface area (Å²) in [6.45, 7) is 4.79. The molecule has 38 heavy (non-hydrogen) atoms. The Bertz CT molecular complexity index is 762. The summed E-state index contributed by atoms with van der Waals surface area (Å²) >= 11 is 0. The zero-order valence-electron chi connectivity index (χ0n) is 22.8. The Morgan fingerprint density at radius 1 is 0.763 bits per heavy atom. The number of rotatable bonds is 21. The predicted octanol–water partition coefficient (Wildman–Crippen LogP) is -1.79. The summed E-state index contributed by atoms with van der Waals surface area (Å²) in [5, 5.41) is 17.4. The van der Waals surface area contributed by atoms with Crippen LogP contribution in [0.3, 0.4) is 0 Å². The third-order valence-corrected chi connectivity index (χ3v) is 6.28. The van der Waals surface area contributed by atoms with Crippen molar-refractivity contribution in [1.29, 1.82) is 0 Å². The first-order valence-electron chi connectivity index (χ1n) is 13.3. The van der Waals surface area contributed by atoms with Crippen LogP contribution in [-0.4, -0.2) is 78.6 Å². The molecule has 0 fully saturated rings. The SMILES string of the molecule is CCC(C)C(N)C(=O)NC(CCCN=C(N)N)C(=O)NC(CCCCN)C(=O)NC(CCCCN)C(=O)O. The standard InChI is InChI=1S/C24H49N9O5/c1-3-15(2)19(27)22(36)32-17(11-8-14-30-24(28)29)20(34)31-16(9-4-6-12-25)21(35)33-18(23(37)38)10-5-7-13-26/h15-19H,3-14,25-27H2,1-2H3,(H,31,34)(H,32,36)(H,33,35)(H,37,38)(H4,28,29,30). The molecule has 220 valence electrons. The highest BCUT2D eigenvalue weighted by Crippen LogP contribution is 2.09. The first kappa shape index (κ1) is 35.0. The zero-order valence-corrected chi connectivity index (χ0v) is 22.8. The Morgan fingerprint density at radius 3 is 1.66 bits per heavy atom. The largest absolute Gasteiger partial charge is 0.480 e. The maximum Gasteiger partial charge on any atom is 0.326 e. The number of nitrogens with zero attached hydrogens (tertiary/aromatic N) is 1. The second-order valence-electron chi connectivity index (χ2n) is 9.45. The number of unbranched alkanes of at least 4 members (excludes halogenated alkanes) is 2. The first-order valence-corrected chi connectivity index (χ1v) is 13.3. The second-order valence-corrected chi connectivity index (χ2v) is 9.45. The molecule has 14 heteroatoms. The van der Waals surface area contributed by atoms with Crippen LogP contribution in [0.1, 0.15) is 71.6 Å². The highest BCUT2D eigenvalue weighted by Gasteiger charge is 2.30. The van der Waals surface area contributed by atoms with E-state index in [-0.39, 0.29) is 37.7 Å². The van der Waals surface area contributed by atoms with Gasteiger partial charge in [-0.25, -0.2) is 4.79 Å². The molecule has 0 aromatic carbocycles. The normalized spacial score (nSPS) is 14.9. The number of carboxylic acid groups (broad SMARTS) is 1. The molecule has 0 radical (unpaired) electrons. The molecule has 0 rings (SSSR count). The van der Waals surface area contributed by atoms with E-state index in [2.05, 4.69) is 20.9 Å². The van der Waals surface area contributed by atoms with Crippen LogP contribution in [0, 0.1) is 5.92 Å². The molecule has 0 saturated carbocycles. The highest BCUT2D eigenvalue weighted by molar-refractivity contribution is 5.94. The average molecular weight is 544 g/mol. The van der Waals surface area contributed by atoms with E-state index in [0.29, 0.717) is 51.6 Å². The van der Waals surface area contributed by atoms with Crippen LogP contribution in [-0.2, 0) is 19.2 Å². The minimum absolute atomic E-state index is 0.0927. The monoisotopic (exact) mass is 543 g/mol. The Morgan fingerprint density at radius 2 is 1.21 bits per heavy atom. The fourth-order valence-corrected chi connectivity index (χ4v) is 3.61. The van der Waals surface area contributed by atoms with Gasteiger partial charge in [-0.1, -0.05) is 20.3 Å². The van der Waals surface area contributed by atoms with Crippen molar-refractivity contribution in [2.45, 2.75) is 95.8 Å². The molecule has 5 unspecified atom stereocenters. The van der Waals surface area contributed by atoms with Crippen LogP contribution < -0.4 is 44.6 Å². The van der Waals surface area contributed by atoms with Crippen LogP contribution in [0.5, 0.6) is 0 Å². The molecule has 0 bridgehead atoms. The maximum atomic E-state index is 13.3. The number of nitrogens with one attached hydrogen (secondary N) is 3. The maximum absolute atomic E-state index is 13.3. The van der Waals surface area contributed by atoms with Crippen molar-refractivity contribution in [2.75, 3.05) is 19.6 Å². The van der Waals surface area contributed by atoms with E-state index in [1.54, 1.807) is 0 Å². The Hall–Kier alpha value is -2.97.